The topological polar surface area (TPSA) is 55.2 Å². The SMILES string of the molecule is CCSC1CCC(Nc2ccc(C)c([N+](=O)[O-])c2)C1. The van der Waals surface area contributed by atoms with Crippen molar-refractivity contribution in [1.82, 2.24) is 0 Å². The molecule has 0 saturated heterocycles. The zero-order valence-corrected chi connectivity index (χ0v) is 12.2. The highest BCUT2D eigenvalue weighted by atomic mass is 32.2. The summed E-state index contributed by atoms with van der Waals surface area (Å²) in [7, 11) is 0. The van der Waals surface area contributed by atoms with E-state index in [1.165, 1.54) is 6.42 Å². The molecule has 1 aromatic rings. The van der Waals surface area contributed by atoms with Crippen LogP contribution < -0.4 is 5.32 Å². The van der Waals surface area contributed by atoms with Crippen LogP contribution in [0.3, 0.4) is 0 Å². The Hall–Kier alpha value is -1.23. The molecule has 1 saturated carbocycles. The Morgan fingerprint density at radius 1 is 1.47 bits per heavy atom. The minimum Gasteiger partial charge on any atom is -0.382 e. The highest BCUT2D eigenvalue weighted by molar-refractivity contribution is 7.99. The van der Waals surface area contributed by atoms with E-state index in [9.17, 15) is 10.1 Å². The van der Waals surface area contributed by atoms with Crippen molar-refractivity contribution in [1.29, 1.82) is 0 Å². The molecule has 0 aromatic heterocycles. The third kappa shape index (κ3) is 3.62. The molecule has 1 aliphatic rings. The first-order valence-corrected chi connectivity index (χ1v) is 7.78. The summed E-state index contributed by atoms with van der Waals surface area (Å²) in [5.41, 5.74) is 1.77. The Morgan fingerprint density at radius 3 is 2.95 bits per heavy atom. The fourth-order valence-electron chi connectivity index (χ4n) is 2.59. The largest absolute Gasteiger partial charge is 0.382 e. The lowest BCUT2D eigenvalue weighted by Gasteiger charge is -2.14. The fourth-order valence-corrected chi connectivity index (χ4v) is 3.73. The molecule has 2 rings (SSSR count). The second-order valence-electron chi connectivity index (χ2n) is 4.99. The zero-order chi connectivity index (χ0) is 13.8. The van der Waals surface area contributed by atoms with Crippen LogP contribution in [-0.2, 0) is 0 Å². The minimum atomic E-state index is -0.315. The van der Waals surface area contributed by atoms with Crippen molar-refractivity contribution < 1.29 is 4.92 Å². The summed E-state index contributed by atoms with van der Waals surface area (Å²) in [5.74, 6) is 1.16. The third-order valence-corrected chi connectivity index (χ3v) is 4.80. The third-order valence-electron chi connectivity index (χ3n) is 3.56. The van der Waals surface area contributed by atoms with E-state index in [0.29, 0.717) is 11.6 Å². The maximum absolute atomic E-state index is 10.9. The van der Waals surface area contributed by atoms with Gasteiger partial charge in [0.2, 0.25) is 0 Å². The molecule has 1 N–H and O–H groups in total. The molecule has 0 spiro atoms. The number of aryl methyl sites for hydroxylation is 1. The van der Waals surface area contributed by atoms with Gasteiger partial charge in [-0.15, -0.1) is 0 Å². The van der Waals surface area contributed by atoms with Gasteiger partial charge < -0.3 is 5.32 Å². The second-order valence-corrected chi connectivity index (χ2v) is 6.57. The molecule has 2 atom stereocenters. The monoisotopic (exact) mass is 280 g/mol. The molecule has 0 heterocycles. The first-order chi connectivity index (χ1) is 9.10. The Bertz CT molecular complexity index is 465. The van der Waals surface area contributed by atoms with Crippen molar-refractivity contribution in [2.75, 3.05) is 11.1 Å². The fraction of sp³-hybridized carbons (Fsp3) is 0.571. The maximum Gasteiger partial charge on any atom is 0.274 e. The van der Waals surface area contributed by atoms with E-state index >= 15 is 0 Å². The van der Waals surface area contributed by atoms with Crippen LogP contribution in [0.1, 0.15) is 31.7 Å². The van der Waals surface area contributed by atoms with E-state index in [-0.39, 0.29) is 10.6 Å². The van der Waals surface area contributed by atoms with E-state index in [1.54, 1.807) is 13.0 Å². The number of thioether (sulfide) groups is 1. The van der Waals surface area contributed by atoms with E-state index < -0.39 is 0 Å². The summed E-state index contributed by atoms with van der Waals surface area (Å²) in [6.07, 6.45) is 3.55. The molecule has 104 valence electrons. The lowest BCUT2D eigenvalue weighted by Crippen LogP contribution is -2.16. The molecule has 1 fully saturated rings. The molecule has 19 heavy (non-hydrogen) atoms. The molecule has 0 radical (unpaired) electrons. The van der Waals surface area contributed by atoms with Gasteiger partial charge in [0, 0.05) is 28.6 Å². The van der Waals surface area contributed by atoms with Crippen LogP contribution in [0.4, 0.5) is 11.4 Å². The molecule has 1 aliphatic carbocycles. The van der Waals surface area contributed by atoms with Crippen molar-refractivity contribution in [3.8, 4) is 0 Å². The van der Waals surface area contributed by atoms with E-state index in [4.69, 9.17) is 0 Å². The Morgan fingerprint density at radius 2 is 2.26 bits per heavy atom. The Balaban J connectivity index is 2.00. The Labute approximate surface area is 118 Å². The number of rotatable bonds is 5. The quantitative estimate of drug-likeness (QED) is 0.654. The van der Waals surface area contributed by atoms with Gasteiger partial charge in [0.25, 0.3) is 5.69 Å². The van der Waals surface area contributed by atoms with Crippen molar-refractivity contribution in [3.63, 3.8) is 0 Å². The highest BCUT2D eigenvalue weighted by Crippen LogP contribution is 2.32. The Kier molecular flexibility index (Phi) is 4.69. The first-order valence-electron chi connectivity index (χ1n) is 6.73. The summed E-state index contributed by atoms with van der Waals surface area (Å²) >= 11 is 2.02. The number of anilines is 1. The summed E-state index contributed by atoms with van der Waals surface area (Å²) in [4.78, 5) is 10.6. The molecule has 0 amide bonds. The van der Waals surface area contributed by atoms with Crippen LogP contribution in [0.5, 0.6) is 0 Å². The lowest BCUT2D eigenvalue weighted by molar-refractivity contribution is -0.385. The van der Waals surface area contributed by atoms with Crippen LogP contribution >= 0.6 is 11.8 Å². The van der Waals surface area contributed by atoms with Crippen LogP contribution in [-0.4, -0.2) is 22.0 Å². The van der Waals surface area contributed by atoms with Gasteiger partial charge in [-0.2, -0.15) is 11.8 Å². The normalized spacial score (nSPS) is 22.4. The summed E-state index contributed by atoms with van der Waals surface area (Å²) in [6.45, 7) is 3.96. The molecule has 5 heteroatoms. The van der Waals surface area contributed by atoms with Gasteiger partial charge in [-0.05, 0) is 38.0 Å². The highest BCUT2D eigenvalue weighted by Gasteiger charge is 2.24. The van der Waals surface area contributed by atoms with Gasteiger partial charge >= 0.3 is 0 Å². The molecule has 1 aromatic carbocycles. The van der Waals surface area contributed by atoms with Gasteiger partial charge in [-0.3, -0.25) is 10.1 Å². The standard InChI is InChI=1S/C14H20N2O2S/c1-3-19-13-7-6-11(8-13)15-12-5-4-10(2)14(9-12)16(17)18/h4-5,9,11,13,15H,3,6-8H2,1-2H3. The predicted octanol–water partition coefficient (Wildman–Crippen LogP) is 3.99. The van der Waals surface area contributed by atoms with Gasteiger partial charge in [0.15, 0.2) is 0 Å². The lowest BCUT2D eigenvalue weighted by atomic mass is 10.1. The number of hydrogen-bond donors (Lipinski definition) is 1. The van der Waals surface area contributed by atoms with Crippen LogP contribution in [0, 0.1) is 17.0 Å². The molecular weight excluding hydrogens is 260 g/mol. The van der Waals surface area contributed by atoms with Crippen molar-refractivity contribution in [2.45, 2.75) is 44.4 Å². The van der Waals surface area contributed by atoms with Crippen LogP contribution in [0.25, 0.3) is 0 Å². The zero-order valence-electron chi connectivity index (χ0n) is 11.4. The average molecular weight is 280 g/mol. The average Bonchev–Trinajstić information content (AvgIpc) is 2.79. The van der Waals surface area contributed by atoms with Gasteiger partial charge in [0.1, 0.15) is 0 Å². The predicted molar refractivity (Wildman–Crippen MR) is 81.0 cm³/mol. The summed E-state index contributed by atoms with van der Waals surface area (Å²) in [6, 6.07) is 5.85. The van der Waals surface area contributed by atoms with Gasteiger partial charge in [0.05, 0.1) is 4.92 Å². The van der Waals surface area contributed by atoms with Crippen LogP contribution in [0.2, 0.25) is 0 Å². The van der Waals surface area contributed by atoms with E-state index in [0.717, 1.165) is 29.5 Å². The molecule has 0 aliphatic heterocycles. The summed E-state index contributed by atoms with van der Waals surface area (Å²) in [5, 5.41) is 15.1. The smallest absolute Gasteiger partial charge is 0.274 e. The molecule has 4 nitrogen and oxygen atoms in total. The number of nitro benzene ring substituents is 1. The van der Waals surface area contributed by atoms with Crippen molar-refractivity contribution in [3.05, 3.63) is 33.9 Å². The number of nitro groups is 1. The number of nitrogens with zero attached hydrogens (tertiary/aromatic N) is 1. The molecule has 0 bridgehead atoms. The van der Waals surface area contributed by atoms with E-state index in [2.05, 4.69) is 12.2 Å². The minimum absolute atomic E-state index is 0.197. The molecule has 2 unspecified atom stereocenters. The number of nitrogens with one attached hydrogen (secondary N) is 1. The summed E-state index contributed by atoms with van der Waals surface area (Å²) < 4.78 is 0. The second kappa shape index (κ2) is 6.28. The van der Waals surface area contributed by atoms with Gasteiger partial charge in [-0.1, -0.05) is 13.0 Å². The number of benzene rings is 1. The van der Waals surface area contributed by atoms with E-state index in [1.807, 2.05) is 23.9 Å². The van der Waals surface area contributed by atoms with Gasteiger partial charge in [-0.25, -0.2) is 0 Å². The maximum atomic E-state index is 10.9. The van der Waals surface area contributed by atoms with Crippen molar-refractivity contribution in [2.24, 2.45) is 0 Å². The molecular formula is C14H20N2O2S. The van der Waals surface area contributed by atoms with Crippen LogP contribution in [0.15, 0.2) is 18.2 Å². The first kappa shape index (κ1) is 14.2. The van der Waals surface area contributed by atoms with Crippen molar-refractivity contribution >= 4 is 23.1 Å². The number of hydrogen-bond acceptors (Lipinski definition) is 4.